The van der Waals surface area contributed by atoms with Gasteiger partial charge in [-0.25, -0.2) is 4.79 Å². The van der Waals surface area contributed by atoms with E-state index in [0.29, 0.717) is 0 Å². The quantitative estimate of drug-likeness (QED) is 0.474. The van der Waals surface area contributed by atoms with E-state index in [0.717, 1.165) is 0 Å². The second-order valence-corrected chi connectivity index (χ2v) is 0.283. The fourth-order valence-electron chi connectivity index (χ4n) is 0. The molecule has 6 heavy (non-hydrogen) atoms. The normalized spacial score (nSPS) is 4.00. The molecule has 0 saturated carbocycles. The van der Waals surface area contributed by atoms with Gasteiger partial charge in [-0.2, -0.15) is 0 Å². The fraction of sp³-hybridized carbons (Fsp3) is 0. The molecule has 0 amide bonds. The molecule has 0 rings (SSSR count). The predicted octanol–water partition coefficient (Wildman–Crippen LogP) is -0.429. The van der Waals surface area contributed by atoms with Crippen molar-refractivity contribution in [3.8, 4) is 0 Å². The van der Waals surface area contributed by atoms with Crippen LogP contribution in [0.5, 0.6) is 0 Å². The third-order valence-corrected chi connectivity index (χ3v) is 0. The van der Waals surface area contributed by atoms with Crippen LogP contribution in [0.3, 0.4) is 0 Å². The van der Waals surface area contributed by atoms with E-state index in [1.807, 2.05) is 0 Å². The van der Waals surface area contributed by atoms with Crippen LogP contribution in [0.2, 0.25) is 0 Å². The molecule has 0 aromatic rings. The van der Waals surface area contributed by atoms with Gasteiger partial charge in [-0.3, -0.25) is 0 Å². The summed E-state index contributed by atoms with van der Waals surface area (Å²) in [6, 6.07) is 0. The molecular formula is CH3LiO3Zr. The van der Waals surface area contributed by atoms with Gasteiger partial charge in [0.15, 0.2) is 0 Å². The molecule has 0 spiro atoms. The zero-order valence-electron chi connectivity index (χ0n) is 2.30. The Kier molecular flexibility index (Phi) is 24.4. The number of rotatable bonds is 0. The Hall–Kier alpha value is 0.751. The minimum atomic E-state index is -1.83. The van der Waals surface area contributed by atoms with Gasteiger partial charge in [-0.15, -0.1) is 0 Å². The van der Waals surface area contributed by atoms with Crippen molar-refractivity contribution < 1.29 is 41.2 Å². The summed E-state index contributed by atoms with van der Waals surface area (Å²) < 4.78 is 0. The average molecular weight is 161 g/mol. The molecule has 0 aliphatic heterocycles. The van der Waals surface area contributed by atoms with Gasteiger partial charge < -0.3 is 10.2 Å². The topological polar surface area (TPSA) is 57.5 Å². The van der Waals surface area contributed by atoms with Crippen molar-refractivity contribution in [3.63, 3.8) is 0 Å². The Morgan fingerprint density at radius 3 is 1.33 bits per heavy atom. The van der Waals surface area contributed by atoms with Gasteiger partial charge in [0, 0.05) is 26.2 Å². The zero-order valence-corrected chi connectivity index (χ0v) is 4.76. The van der Waals surface area contributed by atoms with Gasteiger partial charge in [0.1, 0.15) is 0 Å². The summed E-state index contributed by atoms with van der Waals surface area (Å²) in [6.45, 7) is 0. The minimum Gasteiger partial charge on any atom is 0 e. The molecule has 0 unspecified atom stereocenters. The SMILES string of the molecule is O=C(O)O.[LiH].[Zr]. The summed E-state index contributed by atoms with van der Waals surface area (Å²) in [5.41, 5.74) is 0. The van der Waals surface area contributed by atoms with Gasteiger partial charge >= 0.3 is 25.0 Å². The molecule has 3 nitrogen and oxygen atoms in total. The first-order valence-corrected chi connectivity index (χ1v) is 0.651. The van der Waals surface area contributed by atoms with E-state index in [-0.39, 0.29) is 45.1 Å². The van der Waals surface area contributed by atoms with E-state index in [2.05, 4.69) is 0 Å². The molecule has 0 saturated heterocycles. The van der Waals surface area contributed by atoms with E-state index in [4.69, 9.17) is 15.0 Å². The molecular weight excluding hydrogens is 158 g/mol. The maximum Gasteiger partial charge on any atom is 0 e. The number of hydrogen-bond donors (Lipinski definition) is 2. The second-order valence-electron chi connectivity index (χ2n) is 0.283. The maximum absolute atomic E-state index is 8.56. The Bertz CT molecular complexity index is 33.8. The first-order chi connectivity index (χ1) is 1.73. The third-order valence-electron chi connectivity index (χ3n) is 0. The van der Waals surface area contributed by atoms with Crippen LogP contribution in [-0.2, 0) is 26.2 Å². The summed E-state index contributed by atoms with van der Waals surface area (Å²) in [4.78, 5) is 8.56. The van der Waals surface area contributed by atoms with Crippen molar-refractivity contribution in [1.29, 1.82) is 0 Å². The van der Waals surface area contributed by atoms with E-state index in [1.54, 1.807) is 0 Å². The van der Waals surface area contributed by atoms with Crippen LogP contribution in [0.15, 0.2) is 0 Å². The molecule has 0 bridgehead atoms. The van der Waals surface area contributed by atoms with Gasteiger partial charge in [0.05, 0.1) is 0 Å². The smallest absolute Gasteiger partial charge is 0 e. The Labute approximate surface area is 66.0 Å². The molecule has 0 aliphatic carbocycles. The van der Waals surface area contributed by atoms with Gasteiger partial charge in [-0.05, 0) is 0 Å². The van der Waals surface area contributed by atoms with Crippen LogP contribution < -0.4 is 0 Å². The van der Waals surface area contributed by atoms with E-state index >= 15 is 0 Å². The van der Waals surface area contributed by atoms with Gasteiger partial charge in [-0.1, -0.05) is 0 Å². The molecule has 0 heterocycles. The molecule has 5 heteroatoms. The van der Waals surface area contributed by atoms with Crippen LogP contribution in [0.1, 0.15) is 0 Å². The first kappa shape index (κ1) is 15.9. The Balaban J connectivity index is -0.0000000450. The van der Waals surface area contributed by atoms with Crippen molar-refractivity contribution in [3.05, 3.63) is 0 Å². The van der Waals surface area contributed by atoms with Crippen LogP contribution in [0, 0.1) is 0 Å². The summed E-state index contributed by atoms with van der Waals surface area (Å²) >= 11 is 0. The monoisotopic (exact) mass is 160 g/mol. The Morgan fingerprint density at radius 1 is 1.33 bits per heavy atom. The van der Waals surface area contributed by atoms with Crippen molar-refractivity contribution in [2.75, 3.05) is 0 Å². The molecule has 0 atom stereocenters. The van der Waals surface area contributed by atoms with Crippen molar-refractivity contribution >= 4 is 25.0 Å². The van der Waals surface area contributed by atoms with Gasteiger partial charge in [0.2, 0.25) is 0 Å². The summed E-state index contributed by atoms with van der Waals surface area (Å²) in [5, 5.41) is 13.9. The van der Waals surface area contributed by atoms with Crippen LogP contribution >= 0.6 is 0 Å². The molecule has 0 radical (unpaired) electrons. The van der Waals surface area contributed by atoms with Crippen LogP contribution in [0.4, 0.5) is 4.79 Å². The molecule has 0 aromatic carbocycles. The van der Waals surface area contributed by atoms with Gasteiger partial charge in [0.25, 0.3) is 0 Å². The summed E-state index contributed by atoms with van der Waals surface area (Å²) in [7, 11) is 0. The standard InChI is InChI=1S/CH2O3.Li.Zr.H/c2-1(3)4;;;/h(H2,2,3,4);;;. The molecule has 2 N–H and O–H groups in total. The molecule has 0 aromatic heterocycles. The van der Waals surface area contributed by atoms with Crippen LogP contribution in [0.25, 0.3) is 0 Å². The largest absolute Gasteiger partial charge is 0 e. The van der Waals surface area contributed by atoms with Crippen LogP contribution in [-0.4, -0.2) is 35.2 Å². The average Bonchev–Trinajstić information content (AvgIpc) is 0.811. The predicted molar refractivity (Wildman–Crippen MR) is 17.8 cm³/mol. The number of hydrogen-bond acceptors (Lipinski definition) is 1. The maximum atomic E-state index is 8.56. The summed E-state index contributed by atoms with van der Waals surface area (Å²) in [6.07, 6.45) is -1.83. The van der Waals surface area contributed by atoms with E-state index in [9.17, 15) is 0 Å². The van der Waals surface area contributed by atoms with E-state index < -0.39 is 6.16 Å². The zero-order chi connectivity index (χ0) is 3.58. The molecule has 30 valence electrons. The van der Waals surface area contributed by atoms with Crippen molar-refractivity contribution in [1.82, 2.24) is 0 Å². The summed E-state index contributed by atoms with van der Waals surface area (Å²) in [5.74, 6) is 0. The van der Waals surface area contributed by atoms with Crippen molar-refractivity contribution in [2.24, 2.45) is 0 Å². The molecule has 0 fully saturated rings. The van der Waals surface area contributed by atoms with E-state index in [1.165, 1.54) is 0 Å². The fourth-order valence-corrected chi connectivity index (χ4v) is 0. The third kappa shape index (κ3) is 119. The molecule has 0 aliphatic rings. The van der Waals surface area contributed by atoms with Crippen molar-refractivity contribution in [2.45, 2.75) is 0 Å². The minimum absolute atomic E-state index is 0. The Morgan fingerprint density at radius 2 is 1.33 bits per heavy atom. The first-order valence-electron chi connectivity index (χ1n) is 0.651. The second kappa shape index (κ2) is 9.23. The number of carbonyl (C=O) groups is 1. The number of carboxylic acid groups (broad SMARTS) is 2.